The van der Waals surface area contributed by atoms with Gasteiger partial charge in [0.05, 0.1) is 13.0 Å². The monoisotopic (exact) mass is 275 g/mol. The normalized spacial score (nSPS) is 40.7. The van der Waals surface area contributed by atoms with E-state index >= 15 is 0 Å². The quantitative estimate of drug-likeness (QED) is 0.518. The predicted octanol–water partition coefficient (Wildman–Crippen LogP) is -0.623. The van der Waals surface area contributed by atoms with Gasteiger partial charge in [0.2, 0.25) is 5.91 Å². The second kappa shape index (κ2) is 4.62. The summed E-state index contributed by atoms with van der Waals surface area (Å²) in [6, 6.07) is 0. The molecule has 0 aromatic heterocycles. The molecule has 2 rings (SSSR count). The van der Waals surface area contributed by atoms with Crippen molar-refractivity contribution in [3.63, 3.8) is 0 Å². The van der Waals surface area contributed by atoms with Gasteiger partial charge >= 0.3 is 0 Å². The third-order valence-corrected chi connectivity index (χ3v) is 3.59. The first-order valence-electron chi connectivity index (χ1n) is 5.53. The molecular formula is C11H14ClNO5. The predicted molar refractivity (Wildman–Crippen MR) is 61.6 cm³/mol. The fraction of sp³-hybridized carbons (Fsp3) is 0.636. The molecule has 0 aliphatic carbocycles. The van der Waals surface area contributed by atoms with Crippen LogP contribution in [0, 0.1) is 0 Å². The van der Waals surface area contributed by atoms with E-state index in [1.165, 1.54) is 24.1 Å². The number of nitrogens with zero attached hydrogens (tertiary/aromatic N) is 1. The van der Waals surface area contributed by atoms with E-state index in [4.69, 9.17) is 21.4 Å². The Morgan fingerprint density at radius 3 is 2.78 bits per heavy atom. The van der Waals surface area contributed by atoms with Crippen LogP contribution < -0.4 is 0 Å². The van der Waals surface area contributed by atoms with Crippen LogP contribution in [-0.4, -0.2) is 56.7 Å². The number of ketones is 1. The first-order valence-corrected chi connectivity index (χ1v) is 5.91. The SMILES string of the molecule is C[C@@]1(Cl)[C@H](O)[C@@H](CO)O[C@H]1N1C=CC(=O)CC1=O. The van der Waals surface area contributed by atoms with Crippen LogP contribution in [0.1, 0.15) is 13.3 Å². The maximum atomic E-state index is 11.8. The number of ether oxygens (including phenoxy) is 1. The van der Waals surface area contributed by atoms with Crippen LogP contribution in [0.3, 0.4) is 0 Å². The summed E-state index contributed by atoms with van der Waals surface area (Å²) >= 11 is 6.19. The van der Waals surface area contributed by atoms with Crippen molar-refractivity contribution in [2.75, 3.05) is 6.61 Å². The fourth-order valence-electron chi connectivity index (χ4n) is 2.12. The Kier molecular flexibility index (Phi) is 3.46. The Labute approximate surface area is 109 Å². The molecule has 0 aromatic carbocycles. The molecule has 0 bridgehead atoms. The van der Waals surface area contributed by atoms with E-state index in [1.54, 1.807) is 0 Å². The van der Waals surface area contributed by atoms with Gasteiger partial charge < -0.3 is 14.9 Å². The van der Waals surface area contributed by atoms with Gasteiger partial charge in [0.25, 0.3) is 0 Å². The summed E-state index contributed by atoms with van der Waals surface area (Å²) < 4.78 is 5.39. The number of aliphatic hydroxyl groups is 2. The molecule has 2 heterocycles. The molecule has 1 fully saturated rings. The minimum atomic E-state index is -1.24. The summed E-state index contributed by atoms with van der Waals surface area (Å²) in [7, 11) is 0. The van der Waals surface area contributed by atoms with Gasteiger partial charge in [-0.15, -0.1) is 11.6 Å². The number of hydrogen-bond acceptors (Lipinski definition) is 5. The first-order chi connectivity index (χ1) is 8.37. The second-order valence-electron chi connectivity index (χ2n) is 4.57. The zero-order chi connectivity index (χ0) is 13.5. The molecule has 0 radical (unpaired) electrons. The van der Waals surface area contributed by atoms with Crippen LogP contribution in [0.25, 0.3) is 0 Å². The third-order valence-electron chi connectivity index (χ3n) is 3.18. The molecule has 6 nitrogen and oxygen atoms in total. The Hall–Kier alpha value is -0.950. The lowest BCUT2D eigenvalue weighted by atomic mass is 9.99. The summed E-state index contributed by atoms with van der Waals surface area (Å²) in [5, 5.41) is 19.0. The van der Waals surface area contributed by atoms with E-state index in [0.29, 0.717) is 0 Å². The van der Waals surface area contributed by atoms with Gasteiger partial charge in [0.15, 0.2) is 12.0 Å². The van der Waals surface area contributed by atoms with Crippen molar-refractivity contribution in [3.05, 3.63) is 12.3 Å². The van der Waals surface area contributed by atoms with Gasteiger partial charge in [-0.25, -0.2) is 0 Å². The van der Waals surface area contributed by atoms with Crippen LogP contribution in [0.5, 0.6) is 0 Å². The number of rotatable bonds is 2. The lowest BCUT2D eigenvalue weighted by Crippen LogP contribution is -2.50. The highest BCUT2D eigenvalue weighted by Gasteiger charge is 2.55. The smallest absolute Gasteiger partial charge is 0.236 e. The van der Waals surface area contributed by atoms with Crippen LogP contribution >= 0.6 is 11.6 Å². The Bertz CT molecular complexity index is 408. The van der Waals surface area contributed by atoms with Crippen LogP contribution in [0.4, 0.5) is 0 Å². The van der Waals surface area contributed by atoms with Crippen LogP contribution in [0.2, 0.25) is 0 Å². The highest BCUT2D eigenvalue weighted by molar-refractivity contribution is 6.25. The number of allylic oxidation sites excluding steroid dienone is 1. The number of carbonyl (C=O) groups is 2. The number of aliphatic hydroxyl groups excluding tert-OH is 2. The minimum Gasteiger partial charge on any atom is -0.394 e. The molecule has 2 aliphatic heterocycles. The van der Waals surface area contributed by atoms with Crippen molar-refractivity contribution in [3.8, 4) is 0 Å². The van der Waals surface area contributed by atoms with E-state index in [9.17, 15) is 14.7 Å². The standard InChI is InChI=1S/C11H14ClNO5/c1-11(12)9(17)7(5-14)18-10(11)13-3-2-6(15)4-8(13)16/h2-3,7,9-10,14,17H,4-5H2,1H3/t7-,9-,10-,11-/m1/s1. The van der Waals surface area contributed by atoms with Crippen molar-refractivity contribution in [1.82, 2.24) is 4.90 Å². The molecule has 18 heavy (non-hydrogen) atoms. The third kappa shape index (κ3) is 2.05. The van der Waals surface area contributed by atoms with Gasteiger partial charge in [-0.2, -0.15) is 0 Å². The van der Waals surface area contributed by atoms with Gasteiger partial charge in [0, 0.05) is 6.20 Å². The topological polar surface area (TPSA) is 87.1 Å². The van der Waals surface area contributed by atoms with Gasteiger partial charge in [-0.05, 0) is 13.0 Å². The number of halogens is 1. The number of amides is 1. The first kappa shape index (κ1) is 13.5. The Morgan fingerprint density at radius 1 is 1.61 bits per heavy atom. The highest BCUT2D eigenvalue weighted by atomic mass is 35.5. The van der Waals surface area contributed by atoms with Gasteiger partial charge in [0.1, 0.15) is 17.1 Å². The minimum absolute atomic E-state index is 0.247. The molecule has 7 heteroatoms. The van der Waals surface area contributed by atoms with Crippen LogP contribution in [0.15, 0.2) is 12.3 Å². The summed E-state index contributed by atoms with van der Waals surface area (Å²) in [5.41, 5.74) is 0. The maximum absolute atomic E-state index is 11.8. The van der Waals surface area contributed by atoms with Crippen molar-refractivity contribution in [2.24, 2.45) is 0 Å². The molecule has 0 spiro atoms. The zero-order valence-electron chi connectivity index (χ0n) is 9.75. The van der Waals surface area contributed by atoms with Crippen molar-refractivity contribution >= 4 is 23.3 Å². The largest absolute Gasteiger partial charge is 0.394 e. The second-order valence-corrected chi connectivity index (χ2v) is 5.38. The molecule has 100 valence electrons. The number of carbonyl (C=O) groups excluding carboxylic acids is 2. The van der Waals surface area contributed by atoms with Crippen molar-refractivity contribution in [2.45, 2.75) is 36.7 Å². The molecule has 0 unspecified atom stereocenters. The van der Waals surface area contributed by atoms with E-state index in [-0.39, 0.29) is 12.2 Å². The average molecular weight is 276 g/mol. The molecule has 1 saturated heterocycles. The summed E-state index contributed by atoms with van der Waals surface area (Å²) in [6.45, 7) is 1.13. The van der Waals surface area contributed by atoms with E-state index in [0.717, 1.165) is 0 Å². The average Bonchev–Trinajstić information content (AvgIpc) is 2.52. The van der Waals surface area contributed by atoms with E-state index in [2.05, 4.69) is 0 Å². The summed E-state index contributed by atoms with van der Waals surface area (Å²) in [6.07, 6.45) is -0.557. The fourth-order valence-corrected chi connectivity index (χ4v) is 2.41. The van der Waals surface area contributed by atoms with Crippen LogP contribution in [-0.2, 0) is 14.3 Å². The lowest BCUT2D eigenvalue weighted by molar-refractivity contribution is -0.145. The molecule has 0 saturated carbocycles. The van der Waals surface area contributed by atoms with Crippen molar-refractivity contribution < 1.29 is 24.5 Å². The van der Waals surface area contributed by atoms with Gasteiger partial charge in [-0.1, -0.05) is 0 Å². The summed E-state index contributed by atoms with van der Waals surface area (Å²) in [5.74, 6) is -0.727. The Morgan fingerprint density at radius 2 is 2.28 bits per heavy atom. The molecule has 1 amide bonds. The molecule has 4 atom stereocenters. The molecule has 2 N–H and O–H groups in total. The summed E-state index contributed by atoms with van der Waals surface area (Å²) in [4.78, 5) is 22.8. The molecular weight excluding hydrogens is 262 g/mol. The highest BCUT2D eigenvalue weighted by Crippen LogP contribution is 2.39. The maximum Gasteiger partial charge on any atom is 0.236 e. The zero-order valence-corrected chi connectivity index (χ0v) is 10.5. The van der Waals surface area contributed by atoms with Crippen molar-refractivity contribution in [1.29, 1.82) is 0 Å². The van der Waals surface area contributed by atoms with E-state index < -0.39 is 35.8 Å². The Balaban J connectivity index is 2.26. The molecule has 0 aromatic rings. The van der Waals surface area contributed by atoms with Gasteiger partial charge in [-0.3, -0.25) is 14.5 Å². The number of hydrogen-bond donors (Lipinski definition) is 2. The molecule has 2 aliphatic rings. The van der Waals surface area contributed by atoms with E-state index in [1.807, 2.05) is 0 Å². The lowest BCUT2D eigenvalue weighted by Gasteiger charge is -2.34. The number of alkyl halides is 1.